The van der Waals surface area contributed by atoms with Crippen LogP contribution in [-0.4, -0.2) is 26.9 Å². The van der Waals surface area contributed by atoms with E-state index in [-0.39, 0.29) is 18.0 Å². The van der Waals surface area contributed by atoms with Crippen molar-refractivity contribution in [2.45, 2.75) is 19.3 Å². The minimum atomic E-state index is -0.161. The molecule has 2 unspecified atom stereocenters. The Bertz CT molecular complexity index is 934. The summed E-state index contributed by atoms with van der Waals surface area (Å²) in [7, 11) is 1.70. The number of pyridine rings is 1. The Hall–Kier alpha value is -2.73. The molecule has 1 aliphatic heterocycles. The predicted octanol–water partition coefficient (Wildman–Crippen LogP) is 2.12. The Morgan fingerprint density at radius 2 is 1.96 bits per heavy atom. The maximum Gasteiger partial charge on any atom is 0.280 e. The molecule has 1 aromatic carbocycles. The summed E-state index contributed by atoms with van der Waals surface area (Å²) in [6, 6.07) is 11.0. The third kappa shape index (κ3) is 2.47. The lowest BCUT2D eigenvalue weighted by Gasteiger charge is -2.09. The van der Waals surface area contributed by atoms with E-state index in [1.165, 1.54) is 4.57 Å². The zero-order valence-corrected chi connectivity index (χ0v) is 12.8. The first kappa shape index (κ1) is 13.9. The Labute approximate surface area is 132 Å². The molecule has 23 heavy (non-hydrogen) atoms. The fourth-order valence-electron chi connectivity index (χ4n) is 2.46. The van der Waals surface area contributed by atoms with E-state index < -0.39 is 0 Å². The predicted molar refractivity (Wildman–Crippen MR) is 85.2 cm³/mol. The number of nitrogens with zero attached hydrogens (tertiary/aromatic N) is 3. The van der Waals surface area contributed by atoms with Gasteiger partial charge in [0.25, 0.3) is 5.56 Å². The molecule has 6 nitrogen and oxygen atoms in total. The van der Waals surface area contributed by atoms with Crippen LogP contribution in [0.5, 0.6) is 5.75 Å². The molecule has 0 spiro atoms. The summed E-state index contributed by atoms with van der Waals surface area (Å²) in [5.41, 5.74) is 1.64. The second-order valence-electron chi connectivity index (χ2n) is 5.52. The second-order valence-corrected chi connectivity index (χ2v) is 5.52. The molecule has 2 atom stereocenters. The van der Waals surface area contributed by atoms with Crippen LogP contribution in [0.25, 0.3) is 22.4 Å². The van der Waals surface area contributed by atoms with Gasteiger partial charge in [-0.15, -0.1) is 0 Å². The van der Waals surface area contributed by atoms with Gasteiger partial charge in [0.2, 0.25) is 6.29 Å². The summed E-state index contributed by atoms with van der Waals surface area (Å²) in [6.07, 6.45) is 1.58. The highest BCUT2D eigenvalue weighted by molar-refractivity contribution is 5.75. The van der Waals surface area contributed by atoms with Crippen LogP contribution in [0.3, 0.4) is 0 Å². The van der Waals surface area contributed by atoms with Crippen LogP contribution < -0.4 is 10.3 Å². The molecule has 3 aromatic rings. The van der Waals surface area contributed by atoms with Crippen molar-refractivity contribution in [2.24, 2.45) is 7.05 Å². The molecule has 0 aliphatic carbocycles. The van der Waals surface area contributed by atoms with Gasteiger partial charge in [0, 0.05) is 18.8 Å². The third-order valence-corrected chi connectivity index (χ3v) is 3.86. The van der Waals surface area contributed by atoms with E-state index in [1.54, 1.807) is 25.4 Å². The molecule has 0 bridgehead atoms. The van der Waals surface area contributed by atoms with Gasteiger partial charge in [-0.1, -0.05) is 0 Å². The molecular formula is C17H15N3O3. The van der Waals surface area contributed by atoms with Gasteiger partial charge in [-0.05, 0) is 43.3 Å². The molecule has 6 heteroatoms. The van der Waals surface area contributed by atoms with E-state index in [4.69, 9.17) is 9.47 Å². The number of rotatable bonds is 3. The minimum absolute atomic E-state index is 0.144. The molecule has 2 aromatic heterocycles. The van der Waals surface area contributed by atoms with Crippen molar-refractivity contribution in [2.75, 3.05) is 0 Å². The summed E-state index contributed by atoms with van der Waals surface area (Å²) in [4.78, 5) is 21.1. The monoisotopic (exact) mass is 309 g/mol. The SMILES string of the molecule is CC1OC1Oc1ccc(-c2nc3cccnc3c(=O)n2C)cc1. The summed E-state index contributed by atoms with van der Waals surface area (Å²) in [5, 5.41) is 0. The number of epoxide rings is 1. The number of benzene rings is 1. The van der Waals surface area contributed by atoms with Gasteiger partial charge in [0.1, 0.15) is 17.7 Å². The molecule has 0 amide bonds. The number of ether oxygens (including phenoxy) is 2. The van der Waals surface area contributed by atoms with Crippen molar-refractivity contribution < 1.29 is 9.47 Å². The highest BCUT2D eigenvalue weighted by atomic mass is 16.8. The van der Waals surface area contributed by atoms with Crippen LogP contribution in [0.1, 0.15) is 6.92 Å². The molecule has 1 saturated heterocycles. The Morgan fingerprint density at radius 1 is 1.22 bits per heavy atom. The smallest absolute Gasteiger partial charge is 0.280 e. The number of hydrogen-bond donors (Lipinski definition) is 0. The summed E-state index contributed by atoms with van der Waals surface area (Å²) in [5.74, 6) is 1.33. The number of hydrogen-bond acceptors (Lipinski definition) is 5. The van der Waals surface area contributed by atoms with Crippen LogP contribution in [0.15, 0.2) is 47.4 Å². The standard InChI is InChI=1S/C17H15N3O3/c1-10-17(22-10)23-12-7-5-11(6-8-12)15-19-13-4-3-9-18-14(13)16(21)20(15)2/h3-10,17H,1-2H3. The summed E-state index contributed by atoms with van der Waals surface area (Å²) < 4.78 is 12.4. The van der Waals surface area contributed by atoms with Crippen molar-refractivity contribution in [3.63, 3.8) is 0 Å². The van der Waals surface area contributed by atoms with Crippen molar-refractivity contribution in [1.29, 1.82) is 0 Å². The fraction of sp³-hybridized carbons (Fsp3) is 0.235. The van der Waals surface area contributed by atoms with E-state index in [0.717, 1.165) is 11.3 Å². The Kier molecular flexibility index (Phi) is 3.12. The zero-order chi connectivity index (χ0) is 16.0. The van der Waals surface area contributed by atoms with Gasteiger partial charge in [0.05, 0.1) is 5.52 Å². The highest BCUT2D eigenvalue weighted by Crippen LogP contribution is 2.27. The van der Waals surface area contributed by atoms with Gasteiger partial charge in [-0.2, -0.15) is 0 Å². The zero-order valence-electron chi connectivity index (χ0n) is 12.8. The highest BCUT2D eigenvalue weighted by Gasteiger charge is 2.36. The van der Waals surface area contributed by atoms with Crippen molar-refractivity contribution >= 4 is 11.0 Å². The molecular weight excluding hydrogens is 294 g/mol. The van der Waals surface area contributed by atoms with Crippen molar-refractivity contribution in [3.05, 3.63) is 52.9 Å². The van der Waals surface area contributed by atoms with Crippen LogP contribution in [0.4, 0.5) is 0 Å². The van der Waals surface area contributed by atoms with Gasteiger partial charge >= 0.3 is 0 Å². The molecule has 3 heterocycles. The maximum atomic E-state index is 12.4. The lowest BCUT2D eigenvalue weighted by molar-refractivity contribution is 0.178. The van der Waals surface area contributed by atoms with E-state index >= 15 is 0 Å². The number of fused-ring (bicyclic) bond motifs is 1. The third-order valence-electron chi connectivity index (χ3n) is 3.86. The van der Waals surface area contributed by atoms with E-state index in [2.05, 4.69) is 9.97 Å². The van der Waals surface area contributed by atoms with Gasteiger partial charge < -0.3 is 9.47 Å². The molecule has 1 fully saturated rings. The van der Waals surface area contributed by atoms with Crippen LogP contribution in [-0.2, 0) is 11.8 Å². The van der Waals surface area contributed by atoms with Crippen LogP contribution >= 0.6 is 0 Å². The summed E-state index contributed by atoms with van der Waals surface area (Å²) in [6.45, 7) is 1.96. The lowest BCUT2D eigenvalue weighted by atomic mass is 10.2. The average Bonchev–Trinajstić information content (AvgIpc) is 3.27. The average molecular weight is 309 g/mol. The van der Waals surface area contributed by atoms with Gasteiger partial charge in [-0.3, -0.25) is 9.36 Å². The second kappa shape index (κ2) is 5.17. The molecule has 1 aliphatic rings. The Morgan fingerprint density at radius 3 is 2.65 bits per heavy atom. The first-order valence-corrected chi connectivity index (χ1v) is 7.38. The van der Waals surface area contributed by atoms with E-state index in [1.807, 2.05) is 31.2 Å². The van der Waals surface area contributed by atoms with E-state index in [0.29, 0.717) is 16.9 Å². The van der Waals surface area contributed by atoms with Crippen LogP contribution in [0.2, 0.25) is 0 Å². The quantitative estimate of drug-likeness (QED) is 0.693. The lowest BCUT2D eigenvalue weighted by Crippen LogP contribution is -2.21. The number of aromatic nitrogens is 3. The molecule has 0 saturated carbocycles. The van der Waals surface area contributed by atoms with Crippen molar-refractivity contribution in [3.8, 4) is 17.1 Å². The topological polar surface area (TPSA) is 69.5 Å². The minimum Gasteiger partial charge on any atom is -0.462 e. The Balaban J connectivity index is 1.73. The van der Waals surface area contributed by atoms with E-state index in [9.17, 15) is 4.79 Å². The first-order valence-electron chi connectivity index (χ1n) is 7.38. The van der Waals surface area contributed by atoms with Crippen LogP contribution in [0, 0.1) is 0 Å². The molecule has 0 N–H and O–H groups in total. The van der Waals surface area contributed by atoms with Gasteiger partial charge in [-0.25, -0.2) is 9.97 Å². The molecule has 0 radical (unpaired) electrons. The fourth-order valence-corrected chi connectivity index (χ4v) is 2.46. The normalized spacial score (nSPS) is 19.7. The molecule has 4 rings (SSSR count). The van der Waals surface area contributed by atoms with Crippen molar-refractivity contribution in [1.82, 2.24) is 14.5 Å². The van der Waals surface area contributed by atoms with Gasteiger partial charge in [0.15, 0.2) is 5.52 Å². The maximum absolute atomic E-state index is 12.4. The molecule has 116 valence electrons. The first-order chi connectivity index (χ1) is 11.1. The largest absolute Gasteiger partial charge is 0.462 e. The summed E-state index contributed by atoms with van der Waals surface area (Å²) >= 11 is 0.